The van der Waals surface area contributed by atoms with E-state index < -0.39 is 15.8 Å². The van der Waals surface area contributed by atoms with Gasteiger partial charge in [0.25, 0.3) is 0 Å². The van der Waals surface area contributed by atoms with Gasteiger partial charge in [0.2, 0.25) is 10.0 Å². The van der Waals surface area contributed by atoms with Crippen LogP contribution in [0.25, 0.3) is 0 Å². The van der Waals surface area contributed by atoms with Gasteiger partial charge in [-0.2, -0.15) is 0 Å². The Morgan fingerprint density at radius 1 is 1.00 bits per heavy atom. The number of hydrogen-bond acceptors (Lipinski definition) is 4. The molecule has 2 N–H and O–H groups in total. The Morgan fingerprint density at radius 2 is 1.74 bits per heavy atom. The van der Waals surface area contributed by atoms with Crippen molar-refractivity contribution in [2.75, 3.05) is 13.1 Å². The lowest BCUT2D eigenvalue weighted by Gasteiger charge is -2.36. The van der Waals surface area contributed by atoms with Crippen LogP contribution in [0.1, 0.15) is 54.8 Å². The van der Waals surface area contributed by atoms with Gasteiger partial charge in [-0.15, -0.1) is 0 Å². The normalized spacial score (nSPS) is 23.8. The van der Waals surface area contributed by atoms with Gasteiger partial charge in [0, 0.05) is 31.7 Å². The van der Waals surface area contributed by atoms with Crippen molar-refractivity contribution in [3.05, 3.63) is 83.4 Å². The maximum Gasteiger partial charge on any atom is 0.243 e. The van der Waals surface area contributed by atoms with E-state index in [1.54, 1.807) is 12.1 Å². The predicted molar refractivity (Wildman–Crippen MR) is 143 cm³/mol. The Kier molecular flexibility index (Phi) is 8.26. The van der Waals surface area contributed by atoms with E-state index in [2.05, 4.69) is 21.2 Å². The van der Waals surface area contributed by atoms with Crippen LogP contribution in [0.5, 0.6) is 0 Å². The molecule has 1 fully saturated rings. The van der Waals surface area contributed by atoms with Crippen molar-refractivity contribution in [1.82, 2.24) is 19.6 Å². The van der Waals surface area contributed by atoms with Crippen molar-refractivity contribution in [2.24, 2.45) is 18.9 Å². The second kappa shape index (κ2) is 11.6. The molecule has 0 amide bonds. The maximum absolute atomic E-state index is 13.9. The number of fused-ring (bicyclic) bond motifs is 1. The van der Waals surface area contributed by atoms with Gasteiger partial charge in [-0.1, -0.05) is 18.2 Å². The number of aryl methyl sites for hydroxylation is 2. The van der Waals surface area contributed by atoms with Gasteiger partial charge in [-0.3, -0.25) is 0 Å². The van der Waals surface area contributed by atoms with E-state index >= 15 is 0 Å². The van der Waals surface area contributed by atoms with Gasteiger partial charge in [0.05, 0.1) is 12.0 Å². The standard InChI is InChI=1S/C29H36F2N4O2S/c1-35-18-24(33-19-35)15-26-25-12-11-23(30)14-22(25)10-13-28(26)32-16-20-6-8-21(9-7-20)17-34-38(36,37)29-5-3-2-4-27(29)31/h2-5,11-12,14,18-21,26,28,32,34H,6-10,13,15-17H2,1H3. The van der Waals surface area contributed by atoms with Crippen molar-refractivity contribution in [2.45, 2.75) is 61.8 Å². The zero-order valence-corrected chi connectivity index (χ0v) is 22.6. The second-order valence-electron chi connectivity index (χ2n) is 10.9. The van der Waals surface area contributed by atoms with E-state index in [4.69, 9.17) is 0 Å². The minimum absolute atomic E-state index is 0.181. The summed E-state index contributed by atoms with van der Waals surface area (Å²) in [4.78, 5) is 4.25. The predicted octanol–water partition coefficient (Wildman–Crippen LogP) is 4.71. The van der Waals surface area contributed by atoms with Crippen LogP contribution >= 0.6 is 0 Å². The van der Waals surface area contributed by atoms with Crippen LogP contribution in [0, 0.1) is 23.5 Å². The van der Waals surface area contributed by atoms with Crippen molar-refractivity contribution in [3.8, 4) is 0 Å². The molecule has 2 aliphatic rings. The lowest BCUT2D eigenvalue weighted by Crippen LogP contribution is -2.42. The zero-order valence-electron chi connectivity index (χ0n) is 21.7. The largest absolute Gasteiger partial charge is 0.340 e. The van der Waals surface area contributed by atoms with Crippen molar-refractivity contribution in [1.29, 1.82) is 0 Å². The van der Waals surface area contributed by atoms with Crippen LogP contribution in [0.15, 0.2) is 59.9 Å². The van der Waals surface area contributed by atoms with Crippen molar-refractivity contribution in [3.63, 3.8) is 0 Å². The third-order valence-electron chi connectivity index (χ3n) is 8.23. The molecule has 204 valence electrons. The number of aromatic nitrogens is 2. The summed E-state index contributed by atoms with van der Waals surface area (Å²) in [6.45, 7) is 1.24. The van der Waals surface area contributed by atoms with Crippen molar-refractivity contribution >= 4 is 10.0 Å². The molecular weight excluding hydrogens is 506 g/mol. The first kappa shape index (κ1) is 27.0. The molecule has 2 atom stereocenters. The number of halogens is 2. The molecule has 0 bridgehead atoms. The molecule has 9 heteroatoms. The Bertz CT molecular complexity index is 1350. The molecule has 1 saturated carbocycles. The monoisotopic (exact) mass is 542 g/mol. The van der Waals surface area contributed by atoms with E-state index in [1.165, 1.54) is 23.8 Å². The lowest BCUT2D eigenvalue weighted by atomic mass is 9.76. The van der Waals surface area contributed by atoms with Crippen LogP contribution in [-0.2, 0) is 29.9 Å². The number of sulfonamides is 1. The summed E-state index contributed by atoms with van der Waals surface area (Å²) in [6, 6.07) is 10.9. The zero-order chi connectivity index (χ0) is 26.7. The van der Waals surface area contributed by atoms with E-state index in [1.807, 2.05) is 24.0 Å². The molecule has 0 aliphatic heterocycles. The first-order valence-electron chi connectivity index (χ1n) is 13.5. The van der Waals surface area contributed by atoms with Gasteiger partial charge in [0.1, 0.15) is 16.5 Å². The summed E-state index contributed by atoms with van der Waals surface area (Å²) in [6.07, 6.45) is 10.4. The van der Waals surface area contributed by atoms with Crippen LogP contribution in [0.2, 0.25) is 0 Å². The van der Waals surface area contributed by atoms with Crippen LogP contribution in [-0.4, -0.2) is 37.1 Å². The molecule has 2 aliphatic carbocycles. The fraction of sp³-hybridized carbons (Fsp3) is 0.483. The number of imidazole rings is 1. The molecule has 0 spiro atoms. The highest BCUT2D eigenvalue weighted by molar-refractivity contribution is 7.89. The average molecular weight is 543 g/mol. The highest BCUT2D eigenvalue weighted by atomic mass is 32.2. The molecular formula is C29H36F2N4O2S. The molecule has 38 heavy (non-hydrogen) atoms. The number of nitrogens with zero attached hydrogens (tertiary/aromatic N) is 2. The second-order valence-corrected chi connectivity index (χ2v) is 12.6. The number of rotatable bonds is 9. The smallest absolute Gasteiger partial charge is 0.243 e. The Balaban J connectivity index is 1.15. The summed E-state index contributed by atoms with van der Waals surface area (Å²) in [5.41, 5.74) is 3.36. The highest BCUT2D eigenvalue weighted by Crippen LogP contribution is 2.36. The average Bonchev–Trinajstić information content (AvgIpc) is 3.32. The fourth-order valence-corrected chi connectivity index (χ4v) is 7.29. The van der Waals surface area contributed by atoms with Gasteiger partial charge >= 0.3 is 0 Å². The summed E-state index contributed by atoms with van der Waals surface area (Å²) in [5, 5.41) is 3.84. The molecule has 1 aromatic heterocycles. The van der Waals surface area contributed by atoms with Gasteiger partial charge in [0.15, 0.2) is 0 Å². The number of nitrogens with one attached hydrogen (secondary N) is 2. The van der Waals surface area contributed by atoms with E-state index in [-0.39, 0.29) is 22.5 Å². The maximum atomic E-state index is 13.9. The highest BCUT2D eigenvalue weighted by Gasteiger charge is 2.31. The van der Waals surface area contributed by atoms with E-state index in [0.717, 1.165) is 68.8 Å². The fourth-order valence-electron chi connectivity index (χ4n) is 6.10. The van der Waals surface area contributed by atoms with Crippen molar-refractivity contribution < 1.29 is 17.2 Å². The van der Waals surface area contributed by atoms with Gasteiger partial charge in [-0.05, 0) is 98.7 Å². The Hall–Kier alpha value is -2.62. The number of benzene rings is 2. The molecule has 6 nitrogen and oxygen atoms in total. The minimum atomic E-state index is -3.85. The quantitative estimate of drug-likeness (QED) is 0.411. The van der Waals surface area contributed by atoms with Gasteiger partial charge < -0.3 is 9.88 Å². The Morgan fingerprint density at radius 3 is 2.45 bits per heavy atom. The molecule has 5 rings (SSSR count). The molecule has 0 radical (unpaired) electrons. The number of hydrogen-bond donors (Lipinski definition) is 2. The molecule has 0 saturated heterocycles. The summed E-state index contributed by atoms with van der Waals surface area (Å²) >= 11 is 0. The first-order valence-corrected chi connectivity index (χ1v) is 15.0. The summed E-state index contributed by atoms with van der Waals surface area (Å²) < 4.78 is 57.5. The SMILES string of the molecule is Cn1cnc(CC2c3ccc(F)cc3CCC2NCC2CCC(CNS(=O)(=O)c3ccccc3F)CC2)c1. The summed E-state index contributed by atoms with van der Waals surface area (Å²) in [7, 11) is -1.88. The van der Waals surface area contributed by atoms with Crippen LogP contribution < -0.4 is 10.0 Å². The summed E-state index contributed by atoms with van der Waals surface area (Å²) in [5.74, 6) is 0.102. The van der Waals surface area contributed by atoms with E-state index in [0.29, 0.717) is 18.5 Å². The lowest BCUT2D eigenvalue weighted by molar-refractivity contribution is 0.252. The first-order chi connectivity index (χ1) is 18.3. The minimum Gasteiger partial charge on any atom is -0.340 e. The Labute approximate surface area is 223 Å². The van der Waals surface area contributed by atoms with Crippen LogP contribution in [0.4, 0.5) is 8.78 Å². The van der Waals surface area contributed by atoms with E-state index in [9.17, 15) is 17.2 Å². The molecule has 2 aromatic carbocycles. The topological polar surface area (TPSA) is 76.0 Å². The third-order valence-corrected chi connectivity index (χ3v) is 9.68. The van der Waals surface area contributed by atoms with Gasteiger partial charge in [-0.25, -0.2) is 26.9 Å². The molecule has 3 aromatic rings. The van der Waals surface area contributed by atoms with Crippen LogP contribution in [0.3, 0.4) is 0 Å². The molecule has 2 unspecified atom stereocenters. The molecule has 1 heterocycles. The third kappa shape index (κ3) is 6.33.